The third kappa shape index (κ3) is 3.35. The maximum atomic E-state index is 12.5. The fraction of sp³-hybridized carbons (Fsp3) is 0.312. The molecule has 7 nitrogen and oxygen atoms in total. The predicted molar refractivity (Wildman–Crippen MR) is 88.1 cm³/mol. The molecule has 0 spiro atoms. The van der Waals surface area contributed by atoms with Gasteiger partial charge in [0.1, 0.15) is 6.04 Å². The van der Waals surface area contributed by atoms with Gasteiger partial charge < -0.3 is 15.8 Å². The van der Waals surface area contributed by atoms with Crippen molar-refractivity contribution in [3.8, 4) is 0 Å². The van der Waals surface area contributed by atoms with Gasteiger partial charge in [0.05, 0.1) is 11.7 Å². The van der Waals surface area contributed by atoms with Crippen LogP contribution in [0.2, 0.25) is 5.02 Å². The first-order valence-electron chi connectivity index (χ1n) is 7.29. The first-order chi connectivity index (χ1) is 11.2. The van der Waals surface area contributed by atoms with E-state index in [0.717, 1.165) is 4.90 Å². The van der Waals surface area contributed by atoms with Crippen molar-refractivity contribution in [2.45, 2.75) is 32.9 Å². The van der Waals surface area contributed by atoms with Crippen LogP contribution in [0.4, 0.5) is 9.59 Å². The molecule has 2 rings (SSSR count). The number of carbonyl (C=O) groups is 3. The Labute approximate surface area is 144 Å². The predicted octanol–water partition coefficient (Wildman–Crippen LogP) is 2.71. The van der Waals surface area contributed by atoms with Gasteiger partial charge in [-0.05, 0) is 32.4 Å². The largest absolute Gasteiger partial charge is 0.459 e. The van der Waals surface area contributed by atoms with Crippen molar-refractivity contribution < 1.29 is 19.1 Å². The van der Waals surface area contributed by atoms with Gasteiger partial charge in [0.15, 0.2) is 0 Å². The SMILES string of the molecule is CC1=C(C(=O)OC(C)C)C(c2ccccc2Cl)N(C(N)=O)C(=O)N1. The Bertz CT molecular complexity index is 730. The highest BCUT2D eigenvalue weighted by Crippen LogP contribution is 2.37. The molecule has 24 heavy (non-hydrogen) atoms. The summed E-state index contributed by atoms with van der Waals surface area (Å²) in [6, 6.07) is 3.82. The zero-order chi connectivity index (χ0) is 18.0. The van der Waals surface area contributed by atoms with Crippen LogP contribution in [0.3, 0.4) is 0 Å². The van der Waals surface area contributed by atoms with E-state index < -0.39 is 24.1 Å². The lowest BCUT2D eigenvalue weighted by Crippen LogP contribution is -2.53. The Morgan fingerprint density at radius 1 is 1.33 bits per heavy atom. The number of ether oxygens (including phenoxy) is 1. The van der Waals surface area contributed by atoms with E-state index in [2.05, 4.69) is 5.32 Å². The number of hydrogen-bond acceptors (Lipinski definition) is 4. The van der Waals surface area contributed by atoms with Gasteiger partial charge in [-0.1, -0.05) is 29.8 Å². The molecule has 0 bridgehead atoms. The molecule has 0 aliphatic carbocycles. The Kier molecular flexibility index (Phi) is 5.14. The summed E-state index contributed by atoms with van der Waals surface area (Å²) in [7, 11) is 0. The number of amides is 4. The van der Waals surface area contributed by atoms with Crippen LogP contribution in [0, 0.1) is 0 Å². The van der Waals surface area contributed by atoms with Crippen molar-refractivity contribution in [3.05, 3.63) is 46.1 Å². The lowest BCUT2D eigenvalue weighted by molar-refractivity contribution is -0.143. The normalized spacial score (nSPS) is 17.8. The van der Waals surface area contributed by atoms with E-state index in [9.17, 15) is 14.4 Å². The average molecular weight is 352 g/mol. The smallest absolute Gasteiger partial charge is 0.338 e. The van der Waals surface area contributed by atoms with Crippen LogP contribution >= 0.6 is 11.6 Å². The molecule has 1 aliphatic rings. The fourth-order valence-electron chi connectivity index (χ4n) is 2.50. The first kappa shape index (κ1) is 17.8. The second-order valence-corrected chi connectivity index (χ2v) is 5.96. The van der Waals surface area contributed by atoms with Gasteiger partial charge in [-0.25, -0.2) is 19.3 Å². The molecule has 128 valence electrons. The van der Waals surface area contributed by atoms with Crippen molar-refractivity contribution >= 4 is 29.6 Å². The monoisotopic (exact) mass is 351 g/mol. The highest BCUT2D eigenvalue weighted by molar-refractivity contribution is 6.31. The van der Waals surface area contributed by atoms with Crippen LogP contribution in [-0.4, -0.2) is 29.0 Å². The number of allylic oxidation sites excluding steroid dienone is 1. The molecular formula is C16H18ClN3O4. The number of nitrogens with one attached hydrogen (secondary N) is 1. The lowest BCUT2D eigenvalue weighted by Gasteiger charge is -2.35. The van der Waals surface area contributed by atoms with Crippen LogP contribution in [0.15, 0.2) is 35.5 Å². The Balaban J connectivity index is 2.65. The van der Waals surface area contributed by atoms with E-state index in [1.807, 2.05) is 0 Å². The van der Waals surface area contributed by atoms with Crippen molar-refractivity contribution in [2.24, 2.45) is 5.73 Å². The number of esters is 1. The third-order valence-electron chi connectivity index (χ3n) is 3.45. The number of hydrogen-bond donors (Lipinski definition) is 2. The molecule has 0 radical (unpaired) electrons. The minimum Gasteiger partial charge on any atom is -0.459 e. The molecule has 3 N–H and O–H groups in total. The Morgan fingerprint density at radius 2 is 1.96 bits per heavy atom. The molecule has 0 fully saturated rings. The standard InChI is InChI=1S/C16H18ClN3O4/c1-8(2)24-14(21)12-9(3)19-16(23)20(15(18)22)13(12)10-6-4-5-7-11(10)17/h4-8,13H,1-3H3,(H2,18,22)(H,19,23). The lowest BCUT2D eigenvalue weighted by atomic mass is 9.94. The summed E-state index contributed by atoms with van der Waals surface area (Å²) in [6.45, 7) is 4.95. The maximum Gasteiger partial charge on any atom is 0.338 e. The number of nitrogens with two attached hydrogens (primary N) is 1. The van der Waals surface area contributed by atoms with Crippen LogP contribution in [0.1, 0.15) is 32.4 Å². The highest BCUT2D eigenvalue weighted by atomic mass is 35.5. The summed E-state index contributed by atoms with van der Waals surface area (Å²) in [6.07, 6.45) is -0.371. The molecule has 0 saturated carbocycles. The van der Waals surface area contributed by atoms with Gasteiger partial charge >= 0.3 is 18.0 Å². The summed E-state index contributed by atoms with van der Waals surface area (Å²) in [4.78, 5) is 37.3. The van der Waals surface area contributed by atoms with E-state index in [1.165, 1.54) is 0 Å². The molecular weight excluding hydrogens is 334 g/mol. The molecule has 0 saturated heterocycles. The highest BCUT2D eigenvalue weighted by Gasteiger charge is 2.42. The summed E-state index contributed by atoms with van der Waals surface area (Å²) in [5.74, 6) is -0.654. The van der Waals surface area contributed by atoms with E-state index >= 15 is 0 Å². The molecule has 1 aromatic carbocycles. The Morgan fingerprint density at radius 3 is 2.50 bits per heavy atom. The van der Waals surface area contributed by atoms with Crippen LogP contribution in [-0.2, 0) is 9.53 Å². The number of benzene rings is 1. The Hall–Kier alpha value is -2.54. The summed E-state index contributed by atoms with van der Waals surface area (Å²) >= 11 is 6.21. The number of rotatable bonds is 3. The molecule has 1 atom stereocenters. The number of primary amides is 1. The third-order valence-corrected chi connectivity index (χ3v) is 3.79. The maximum absolute atomic E-state index is 12.5. The van der Waals surface area contributed by atoms with Gasteiger partial charge in [-0.15, -0.1) is 0 Å². The van der Waals surface area contributed by atoms with Gasteiger partial charge in [0, 0.05) is 10.7 Å². The fourth-order valence-corrected chi connectivity index (χ4v) is 2.74. The zero-order valence-electron chi connectivity index (χ0n) is 13.5. The summed E-state index contributed by atoms with van der Waals surface area (Å²) < 4.78 is 5.25. The second kappa shape index (κ2) is 6.92. The van der Waals surface area contributed by atoms with Crippen molar-refractivity contribution in [3.63, 3.8) is 0 Å². The summed E-state index contributed by atoms with van der Waals surface area (Å²) in [5.41, 5.74) is 6.15. The van der Waals surface area contributed by atoms with Gasteiger partial charge in [-0.3, -0.25) is 0 Å². The number of carbonyl (C=O) groups excluding carboxylic acids is 3. The van der Waals surface area contributed by atoms with E-state index in [-0.39, 0.29) is 17.4 Å². The molecule has 8 heteroatoms. The average Bonchev–Trinajstić information content (AvgIpc) is 2.45. The van der Waals surface area contributed by atoms with E-state index in [1.54, 1.807) is 45.0 Å². The first-order valence-corrected chi connectivity index (χ1v) is 7.67. The van der Waals surface area contributed by atoms with Crippen LogP contribution in [0.5, 0.6) is 0 Å². The quantitative estimate of drug-likeness (QED) is 0.817. The molecule has 0 aromatic heterocycles. The molecule has 1 heterocycles. The zero-order valence-corrected chi connectivity index (χ0v) is 14.3. The van der Waals surface area contributed by atoms with Gasteiger partial charge in [0.25, 0.3) is 0 Å². The van der Waals surface area contributed by atoms with Crippen LogP contribution in [0.25, 0.3) is 0 Å². The number of imide groups is 1. The molecule has 4 amide bonds. The van der Waals surface area contributed by atoms with Gasteiger partial charge in [0.2, 0.25) is 0 Å². The summed E-state index contributed by atoms with van der Waals surface area (Å²) in [5, 5.41) is 2.75. The minimum atomic E-state index is -1.06. The topological polar surface area (TPSA) is 102 Å². The van der Waals surface area contributed by atoms with Gasteiger partial charge in [-0.2, -0.15) is 0 Å². The van der Waals surface area contributed by atoms with Crippen molar-refractivity contribution in [2.75, 3.05) is 0 Å². The number of urea groups is 2. The molecule has 1 aliphatic heterocycles. The van der Waals surface area contributed by atoms with E-state index in [0.29, 0.717) is 10.6 Å². The minimum absolute atomic E-state index is 0.107. The second-order valence-electron chi connectivity index (χ2n) is 5.56. The number of nitrogens with zero attached hydrogens (tertiary/aromatic N) is 1. The van der Waals surface area contributed by atoms with Crippen LogP contribution < -0.4 is 11.1 Å². The molecule has 1 unspecified atom stereocenters. The van der Waals surface area contributed by atoms with Crippen molar-refractivity contribution in [1.29, 1.82) is 0 Å². The molecule has 1 aromatic rings. The van der Waals surface area contributed by atoms with Crippen molar-refractivity contribution in [1.82, 2.24) is 10.2 Å². The number of halogens is 1. The van der Waals surface area contributed by atoms with E-state index in [4.69, 9.17) is 22.1 Å².